The van der Waals surface area contributed by atoms with Crippen molar-refractivity contribution in [3.63, 3.8) is 0 Å². The van der Waals surface area contributed by atoms with E-state index in [2.05, 4.69) is 15.2 Å². The van der Waals surface area contributed by atoms with Gasteiger partial charge in [-0.25, -0.2) is 4.79 Å². The number of nitrogens with zero attached hydrogens (tertiary/aromatic N) is 5. The standard InChI is InChI=1S/C13H17N5O3/c1-8-10(4-5-12(19)20)9(2)18(13(21)15-8)6-11-16-14-7-17(11)3/h7H,4-6H2,1-3H3,(H,19,20). The summed E-state index contributed by atoms with van der Waals surface area (Å²) in [5.74, 6) is -0.241. The molecule has 0 atom stereocenters. The van der Waals surface area contributed by atoms with Crippen molar-refractivity contribution in [2.45, 2.75) is 33.2 Å². The molecule has 0 aliphatic rings. The monoisotopic (exact) mass is 291 g/mol. The highest BCUT2D eigenvalue weighted by molar-refractivity contribution is 5.67. The van der Waals surface area contributed by atoms with E-state index in [1.54, 1.807) is 31.8 Å². The van der Waals surface area contributed by atoms with Gasteiger partial charge in [0.1, 0.15) is 6.33 Å². The number of hydrogen-bond donors (Lipinski definition) is 1. The molecule has 2 aromatic heterocycles. The van der Waals surface area contributed by atoms with Gasteiger partial charge in [0.2, 0.25) is 0 Å². The SMILES string of the molecule is Cc1nc(=O)n(Cc2nncn2C)c(C)c1CCC(=O)O. The number of carbonyl (C=O) groups is 1. The summed E-state index contributed by atoms with van der Waals surface area (Å²) in [6.45, 7) is 3.77. The van der Waals surface area contributed by atoms with Crippen LogP contribution in [0.1, 0.15) is 29.2 Å². The number of carboxylic acid groups (broad SMARTS) is 1. The Morgan fingerprint density at radius 2 is 2.10 bits per heavy atom. The predicted molar refractivity (Wildman–Crippen MR) is 74.0 cm³/mol. The molecule has 0 radical (unpaired) electrons. The summed E-state index contributed by atoms with van der Waals surface area (Å²) in [6.07, 6.45) is 1.91. The average molecular weight is 291 g/mol. The van der Waals surface area contributed by atoms with Crippen LogP contribution < -0.4 is 5.69 Å². The lowest BCUT2D eigenvalue weighted by Crippen LogP contribution is -2.29. The molecule has 21 heavy (non-hydrogen) atoms. The molecule has 2 rings (SSSR count). The van der Waals surface area contributed by atoms with Crippen molar-refractivity contribution in [2.75, 3.05) is 0 Å². The predicted octanol–water partition coefficient (Wildman–Crippen LogP) is 0.0541. The molecule has 0 aromatic carbocycles. The van der Waals surface area contributed by atoms with Crippen molar-refractivity contribution in [3.05, 3.63) is 39.6 Å². The zero-order valence-electron chi connectivity index (χ0n) is 12.2. The minimum Gasteiger partial charge on any atom is -0.481 e. The lowest BCUT2D eigenvalue weighted by Gasteiger charge is -2.14. The first kappa shape index (κ1) is 14.9. The third-order valence-corrected chi connectivity index (χ3v) is 3.47. The quantitative estimate of drug-likeness (QED) is 0.835. The van der Waals surface area contributed by atoms with Crippen LogP contribution in [0.3, 0.4) is 0 Å². The van der Waals surface area contributed by atoms with E-state index in [1.807, 2.05) is 0 Å². The number of hydrogen-bond acceptors (Lipinski definition) is 5. The van der Waals surface area contributed by atoms with Gasteiger partial charge in [-0.15, -0.1) is 10.2 Å². The highest BCUT2D eigenvalue weighted by atomic mass is 16.4. The molecule has 0 fully saturated rings. The van der Waals surface area contributed by atoms with Gasteiger partial charge in [-0.1, -0.05) is 0 Å². The maximum Gasteiger partial charge on any atom is 0.348 e. The van der Waals surface area contributed by atoms with Crippen LogP contribution in [0.15, 0.2) is 11.1 Å². The Bertz CT molecular complexity index is 732. The molecular formula is C13H17N5O3. The molecule has 0 saturated carbocycles. The van der Waals surface area contributed by atoms with Crippen LogP contribution in [0.4, 0.5) is 0 Å². The van der Waals surface area contributed by atoms with Crippen molar-refractivity contribution >= 4 is 5.97 Å². The summed E-state index contributed by atoms with van der Waals surface area (Å²) in [4.78, 5) is 26.8. The molecule has 2 aromatic rings. The highest BCUT2D eigenvalue weighted by Gasteiger charge is 2.14. The molecule has 0 saturated heterocycles. The van der Waals surface area contributed by atoms with E-state index < -0.39 is 5.97 Å². The van der Waals surface area contributed by atoms with Gasteiger partial charge in [0.15, 0.2) is 5.82 Å². The number of aryl methyl sites for hydroxylation is 2. The molecule has 8 nitrogen and oxygen atoms in total. The topological polar surface area (TPSA) is 103 Å². The third kappa shape index (κ3) is 3.15. The molecular weight excluding hydrogens is 274 g/mol. The van der Waals surface area contributed by atoms with Gasteiger partial charge in [-0.05, 0) is 25.8 Å². The van der Waals surface area contributed by atoms with Crippen LogP contribution in [0.25, 0.3) is 0 Å². The molecule has 0 aliphatic heterocycles. The largest absolute Gasteiger partial charge is 0.481 e. The first-order valence-electron chi connectivity index (χ1n) is 6.51. The summed E-state index contributed by atoms with van der Waals surface area (Å²) in [5, 5.41) is 16.5. The second-order valence-electron chi connectivity index (χ2n) is 4.88. The van der Waals surface area contributed by atoms with Gasteiger partial charge in [-0.2, -0.15) is 4.98 Å². The Morgan fingerprint density at radius 3 is 2.67 bits per heavy atom. The fourth-order valence-corrected chi connectivity index (χ4v) is 2.21. The van der Waals surface area contributed by atoms with Crippen LogP contribution in [-0.2, 0) is 24.8 Å². The maximum absolute atomic E-state index is 12.1. The van der Waals surface area contributed by atoms with Gasteiger partial charge < -0.3 is 9.67 Å². The van der Waals surface area contributed by atoms with Gasteiger partial charge in [0.05, 0.1) is 6.54 Å². The zero-order chi connectivity index (χ0) is 15.6. The number of carboxylic acids is 1. The fraction of sp³-hybridized carbons (Fsp3) is 0.462. The Kier molecular flexibility index (Phi) is 4.15. The second kappa shape index (κ2) is 5.86. The Labute approximate surface area is 121 Å². The van der Waals surface area contributed by atoms with Crippen LogP contribution in [0, 0.1) is 13.8 Å². The average Bonchev–Trinajstić information content (AvgIpc) is 2.79. The summed E-state index contributed by atoms with van der Waals surface area (Å²) in [5.41, 5.74) is 1.72. The van der Waals surface area contributed by atoms with E-state index in [1.165, 1.54) is 4.57 Å². The van der Waals surface area contributed by atoms with Crippen LogP contribution in [-0.4, -0.2) is 35.4 Å². The smallest absolute Gasteiger partial charge is 0.348 e. The summed E-state index contributed by atoms with van der Waals surface area (Å²) in [6, 6.07) is 0. The molecule has 2 heterocycles. The van der Waals surface area contributed by atoms with Crippen LogP contribution in [0.2, 0.25) is 0 Å². The first-order chi connectivity index (χ1) is 9.90. The van der Waals surface area contributed by atoms with Crippen molar-refractivity contribution in [3.8, 4) is 0 Å². The van der Waals surface area contributed by atoms with Crippen molar-refractivity contribution in [2.24, 2.45) is 7.05 Å². The molecule has 8 heteroatoms. The number of aromatic nitrogens is 5. The molecule has 112 valence electrons. The van der Waals surface area contributed by atoms with E-state index >= 15 is 0 Å². The minimum atomic E-state index is -0.875. The van der Waals surface area contributed by atoms with Gasteiger partial charge in [0.25, 0.3) is 0 Å². The highest BCUT2D eigenvalue weighted by Crippen LogP contribution is 2.13. The van der Waals surface area contributed by atoms with E-state index in [0.29, 0.717) is 17.9 Å². The first-order valence-corrected chi connectivity index (χ1v) is 6.51. The molecule has 0 spiro atoms. The molecule has 0 aliphatic carbocycles. The van der Waals surface area contributed by atoms with Gasteiger partial charge in [0, 0.05) is 24.9 Å². The third-order valence-electron chi connectivity index (χ3n) is 3.47. The van der Waals surface area contributed by atoms with Crippen molar-refractivity contribution in [1.82, 2.24) is 24.3 Å². The Balaban J connectivity index is 2.41. The number of rotatable bonds is 5. The van der Waals surface area contributed by atoms with Crippen LogP contribution in [0.5, 0.6) is 0 Å². The molecule has 0 unspecified atom stereocenters. The summed E-state index contributed by atoms with van der Waals surface area (Å²) >= 11 is 0. The lowest BCUT2D eigenvalue weighted by molar-refractivity contribution is -0.136. The summed E-state index contributed by atoms with van der Waals surface area (Å²) < 4.78 is 3.22. The molecule has 0 amide bonds. The molecule has 1 N–H and O–H groups in total. The lowest BCUT2D eigenvalue weighted by atomic mass is 10.1. The molecule has 0 bridgehead atoms. The Morgan fingerprint density at radius 1 is 1.38 bits per heavy atom. The normalized spacial score (nSPS) is 10.8. The Hall–Kier alpha value is -2.51. The van der Waals surface area contributed by atoms with Gasteiger partial charge in [-0.3, -0.25) is 9.36 Å². The van der Waals surface area contributed by atoms with E-state index in [9.17, 15) is 9.59 Å². The number of aliphatic carboxylic acids is 1. The van der Waals surface area contributed by atoms with Crippen molar-refractivity contribution in [1.29, 1.82) is 0 Å². The van der Waals surface area contributed by atoms with E-state index in [-0.39, 0.29) is 18.7 Å². The summed E-state index contributed by atoms with van der Waals surface area (Å²) in [7, 11) is 1.79. The van der Waals surface area contributed by atoms with Crippen molar-refractivity contribution < 1.29 is 9.90 Å². The second-order valence-corrected chi connectivity index (χ2v) is 4.88. The van der Waals surface area contributed by atoms with Crippen LogP contribution >= 0.6 is 0 Å². The fourth-order valence-electron chi connectivity index (χ4n) is 2.21. The minimum absolute atomic E-state index is 0.00548. The van der Waals surface area contributed by atoms with Gasteiger partial charge >= 0.3 is 11.7 Å². The zero-order valence-corrected chi connectivity index (χ0v) is 12.2. The van der Waals surface area contributed by atoms with E-state index in [0.717, 1.165) is 11.3 Å². The van der Waals surface area contributed by atoms with E-state index in [4.69, 9.17) is 5.11 Å². The maximum atomic E-state index is 12.1.